The predicted octanol–water partition coefficient (Wildman–Crippen LogP) is 3.67. The van der Waals surface area contributed by atoms with Crippen molar-refractivity contribution >= 4 is 23.2 Å². The zero-order valence-electron chi connectivity index (χ0n) is 16.8. The SMILES string of the molecule is Cc1ccc(NC(=O)c2ccnc(N3CCN(c4ccccc4)CC3)n2)c(C)c1. The second-order valence-corrected chi connectivity index (χ2v) is 7.32. The van der Waals surface area contributed by atoms with E-state index in [-0.39, 0.29) is 5.91 Å². The summed E-state index contributed by atoms with van der Waals surface area (Å²) < 4.78 is 0. The molecule has 1 aliphatic heterocycles. The Morgan fingerprint density at radius 3 is 2.38 bits per heavy atom. The Bertz CT molecular complexity index is 997. The first-order chi connectivity index (χ1) is 14.1. The lowest BCUT2D eigenvalue weighted by atomic mass is 10.1. The molecule has 0 radical (unpaired) electrons. The number of nitrogens with one attached hydrogen (secondary N) is 1. The van der Waals surface area contributed by atoms with E-state index in [2.05, 4.69) is 49.4 Å². The number of nitrogens with zero attached hydrogens (tertiary/aromatic N) is 4. The fourth-order valence-corrected chi connectivity index (χ4v) is 3.57. The van der Waals surface area contributed by atoms with Gasteiger partial charge in [-0.3, -0.25) is 4.79 Å². The third kappa shape index (κ3) is 4.37. The molecule has 1 fully saturated rings. The molecule has 1 aromatic heterocycles. The molecule has 6 heteroatoms. The summed E-state index contributed by atoms with van der Waals surface area (Å²) in [6.07, 6.45) is 1.66. The van der Waals surface area contributed by atoms with E-state index < -0.39 is 0 Å². The molecular weight excluding hydrogens is 362 g/mol. The van der Waals surface area contributed by atoms with Crippen LogP contribution < -0.4 is 15.1 Å². The maximum absolute atomic E-state index is 12.7. The Morgan fingerprint density at radius 1 is 0.931 bits per heavy atom. The standard InChI is InChI=1S/C23H25N5O/c1-17-8-9-20(18(2)16-17)25-22(29)21-10-11-24-23(26-21)28-14-12-27(13-15-28)19-6-4-3-5-7-19/h3-11,16H,12-15H2,1-2H3,(H,25,29). The van der Waals surface area contributed by atoms with Crippen molar-refractivity contribution in [3.63, 3.8) is 0 Å². The van der Waals surface area contributed by atoms with Crippen LogP contribution in [0.1, 0.15) is 21.6 Å². The molecule has 29 heavy (non-hydrogen) atoms. The highest BCUT2D eigenvalue weighted by Gasteiger charge is 2.20. The number of anilines is 3. The summed E-state index contributed by atoms with van der Waals surface area (Å²) in [4.78, 5) is 26.1. The zero-order chi connectivity index (χ0) is 20.2. The van der Waals surface area contributed by atoms with E-state index in [1.165, 1.54) is 11.3 Å². The Hall–Kier alpha value is -3.41. The topological polar surface area (TPSA) is 61.4 Å². The summed E-state index contributed by atoms with van der Waals surface area (Å²) in [5.41, 5.74) is 4.61. The second kappa shape index (κ2) is 8.31. The quantitative estimate of drug-likeness (QED) is 0.740. The van der Waals surface area contributed by atoms with Gasteiger partial charge in [-0.2, -0.15) is 0 Å². The van der Waals surface area contributed by atoms with Gasteiger partial charge >= 0.3 is 0 Å². The van der Waals surface area contributed by atoms with Gasteiger partial charge in [0.1, 0.15) is 5.69 Å². The molecule has 1 amide bonds. The van der Waals surface area contributed by atoms with Gasteiger partial charge in [-0.05, 0) is 43.7 Å². The minimum absolute atomic E-state index is 0.219. The summed E-state index contributed by atoms with van der Waals surface area (Å²) in [6.45, 7) is 7.44. The van der Waals surface area contributed by atoms with Crippen molar-refractivity contribution < 1.29 is 4.79 Å². The third-order valence-electron chi connectivity index (χ3n) is 5.19. The number of benzene rings is 2. The number of hydrogen-bond donors (Lipinski definition) is 1. The number of amides is 1. The van der Waals surface area contributed by atoms with Crippen molar-refractivity contribution in [2.75, 3.05) is 41.3 Å². The molecule has 6 nitrogen and oxygen atoms in total. The van der Waals surface area contributed by atoms with Crippen LogP contribution in [-0.4, -0.2) is 42.1 Å². The van der Waals surface area contributed by atoms with Crippen LogP contribution in [0, 0.1) is 13.8 Å². The summed E-state index contributed by atoms with van der Waals surface area (Å²) >= 11 is 0. The lowest BCUT2D eigenvalue weighted by molar-refractivity contribution is 0.102. The van der Waals surface area contributed by atoms with E-state index in [1.54, 1.807) is 12.3 Å². The molecule has 0 spiro atoms. The highest BCUT2D eigenvalue weighted by atomic mass is 16.1. The Labute approximate surface area is 171 Å². The number of rotatable bonds is 4. The minimum atomic E-state index is -0.219. The Balaban J connectivity index is 1.43. The molecule has 1 aliphatic rings. The lowest BCUT2D eigenvalue weighted by Crippen LogP contribution is -2.47. The molecule has 0 unspecified atom stereocenters. The van der Waals surface area contributed by atoms with E-state index in [0.29, 0.717) is 11.6 Å². The van der Waals surface area contributed by atoms with Crippen molar-refractivity contribution in [1.82, 2.24) is 9.97 Å². The molecular formula is C23H25N5O. The largest absolute Gasteiger partial charge is 0.368 e. The maximum atomic E-state index is 12.7. The molecule has 0 aliphatic carbocycles. The van der Waals surface area contributed by atoms with E-state index >= 15 is 0 Å². The Kier molecular flexibility index (Phi) is 5.42. The molecule has 1 N–H and O–H groups in total. The maximum Gasteiger partial charge on any atom is 0.274 e. The summed E-state index contributed by atoms with van der Waals surface area (Å²) in [5, 5.41) is 2.96. The first-order valence-electron chi connectivity index (χ1n) is 9.87. The number of carbonyl (C=O) groups excluding carboxylic acids is 1. The number of para-hydroxylation sites is 1. The molecule has 148 valence electrons. The van der Waals surface area contributed by atoms with Gasteiger partial charge in [-0.1, -0.05) is 35.9 Å². The van der Waals surface area contributed by atoms with Crippen LogP contribution in [0.25, 0.3) is 0 Å². The molecule has 3 aromatic rings. The summed E-state index contributed by atoms with van der Waals surface area (Å²) in [7, 11) is 0. The lowest BCUT2D eigenvalue weighted by Gasteiger charge is -2.36. The van der Waals surface area contributed by atoms with E-state index in [0.717, 1.165) is 37.4 Å². The molecule has 4 rings (SSSR count). The number of aromatic nitrogens is 2. The van der Waals surface area contributed by atoms with Crippen LogP contribution in [0.15, 0.2) is 60.8 Å². The average molecular weight is 387 g/mol. The van der Waals surface area contributed by atoms with Crippen LogP contribution in [-0.2, 0) is 0 Å². The first kappa shape index (κ1) is 18.9. The van der Waals surface area contributed by atoms with Crippen LogP contribution in [0.5, 0.6) is 0 Å². The first-order valence-corrected chi connectivity index (χ1v) is 9.87. The zero-order valence-corrected chi connectivity index (χ0v) is 16.8. The number of carbonyl (C=O) groups is 1. The monoisotopic (exact) mass is 387 g/mol. The van der Waals surface area contributed by atoms with Crippen LogP contribution in [0.2, 0.25) is 0 Å². The molecule has 0 saturated carbocycles. The van der Waals surface area contributed by atoms with Gasteiger partial charge in [-0.15, -0.1) is 0 Å². The molecule has 0 atom stereocenters. The van der Waals surface area contributed by atoms with Crippen molar-refractivity contribution in [1.29, 1.82) is 0 Å². The minimum Gasteiger partial charge on any atom is -0.368 e. The second-order valence-electron chi connectivity index (χ2n) is 7.32. The van der Waals surface area contributed by atoms with Crippen LogP contribution in [0.4, 0.5) is 17.3 Å². The van der Waals surface area contributed by atoms with Gasteiger partial charge in [0.15, 0.2) is 0 Å². The predicted molar refractivity (Wildman–Crippen MR) is 117 cm³/mol. The molecule has 0 bridgehead atoms. The van der Waals surface area contributed by atoms with E-state index in [4.69, 9.17) is 0 Å². The number of hydrogen-bond acceptors (Lipinski definition) is 5. The third-order valence-corrected chi connectivity index (χ3v) is 5.19. The van der Waals surface area contributed by atoms with E-state index in [9.17, 15) is 4.79 Å². The smallest absolute Gasteiger partial charge is 0.274 e. The van der Waals surface area contributed by atoms with Gasteiger partial charge in [0.05, 0.1) is 0 Å². The number of aryl methyl sites for hydroxylation is 2. The van der Waals surface area contributed by atoms with Gasteiger partial charge in [0.25, 0.3) is 5.91 Å². The molecule has 1 saturated heterocycles. The summed E-state index contributed by atoms with van der Waals surface area (Å²) in [5.74, 6) is 0.384. The van der Waals surface area contributed by atoms with Crippen molar-refractivity contribution in [3.05, 3.63) is 77.6 Å². The van der Waals surface area contributed by atoms with Gasteiger partial charge in [-0.25, -0.2) is 9.97 Å². The van der Waals surface area contributed by atoms with Gasteiger partial charge in [0, 0.05) is 43.8 Å². The van der Waals surface area contributed by atoms with Crippen molar-refractivity contribution in [3.8, 4) is 0 Å². The highest BCUT2D eigenvalue weighted by Crippen LogP contribution is 2.19. The van der Waals surface area contributed by atoms with Crippen molar-refractivity contribution in [2.24, 2.45) is 0 Å². The van der Waals surface area contributed by atoms with E-state index in [1.807, 2.05) is 38.1 Å². The molecule has 2 aromatic carbocycles. The van der Waals surface area contributed by atoms with Crippen LogP contribution >= 0.6 is 0 Å². The average Bonchev–Trinajstić information content (AvgIpc) is 2.76. The fourth-order valence-electron chi connectivity index (χ4n) is 3.57. The normalized spacial score (nSPS) is 14.0. The van der Waals surface area contributed by atoms with Crippen molar-refractivity contribution in [2.45, 2.75) is 13.8 Å². The fraction of sp³-hybridized carbons (Fsp3) is 0.261. The summed E-state index contributed by atoms with van der Waals surface area (Å²) in [6, 6.07) is 18.0. The number of piperazine rings is 1. The van der Waals surface area contributed by atoms with Crippen LogP contribution in [0.3, 0.4) is 0 Å². The van der Waals surface area contributed by atoms with Gasteiger partial charge in [0.2, 0.25) is 5.95 Å². The molecule has 2 heterocycles. The highest BCUT2D eigenvalue weighted by molar-refractivity contribution is 6.03. The van der Waals surface area contributed by atoms with Gasteiger partial charge < -0.3 is 15.1 Å². The Morgan fingerprint density at radius 2 is 1.66 bits per heavy atom.